The Morgan fingerprint density at radius 1 is 1.29 bits per heavy atom. The maximum Gasteiger partial charge on any atom is 0.164 e. The molecular weight excluding hydrogens is 376 g/mol. The van der Waals surface area contributed by atoms with Crippen molar-refractivity contribution in [1.82, 2.24) is 0 Å². The Morgan fingerprint density at radius 3 is 2.57 bits per heavy atom. The molecule has 1 aromatic rings. The van der Waals surface area contributed by atoms with E-state index in [1.165, 1.54) is 0 Å². The first-order valence-corrected chi connectivity index (χ1v) is 7.16. The lowest BCUT2D eigenvalue weighted by Gasteiger charge is -2.04. The van der Waals surface area contributed by atoms with Crippen molar-refractivity contribution >= 4 is 53.6 Å². The molecule has 0 saturated heterocycles. The Hall–Kier alpha value is 0.330. The highest BCUT2D eigenvalue weighted by Gasteiger charge is 2.09. The van der Waals surface area contributed by atoms with E-state index in [0.717, 1.165) is 20.9 Å². The van der Waals surface area contributed by atoms with Crippen LogP contribution in [0, 0.1) is 0 Å². The third-order valence-corrected chi connectivity index (χ3v) is 3.54. The molecule has 0 aliphatic carbocycles. The van der Waals surface area contributed by atoms with Crippen molar-refractivity contribution in [2.45, 2.75) is 11.8 Å². The van der Waals surface area contributed by atoms with Crippen LogP contribution in [0.15, 0.2) is 22.7 Å². The van der Waals surface area contributed by atoms with Crippen LogP contribution in [0.2, 0.25) is 0 Å². The van der Waals surface area contributed by atoms with Crippen molar-refractivity contribution in [1.29, 1.82) is 0 Å². The Morgan fingerprint density at radius 2 is 2.00 bits per heavy atom. The van der Waals surface area contributed by atoms with Gasteiger partial charge in [0, 0.05) is 27.1 Å². The molecule has 0 aliphatic heterocycles. The highest BCUT2D eigenvalue weighted by Crippen LogP contribution is 2.21. The molecule has 76 valence electrons. The molecule has 1 nitrogen and oxygen atoms in total. The molecule has 1 aromatic carbocycles. The molecule has 0 aromatic heterocycles. The first-order chi connectivity index (χ1) is 6.69. The Bertz CT molecular complexity index is 336. The summed E-state index contributed by atoms with van der Waals surface area (Å²) in [6.45, 7) is 0. The number of benzene rings is 1. The van der Waals surface area contributed by atoms with Gasteiger partial charge in [-0.1, -0.05) is 53.9 Å². The van der Waals surface area contributed by atoms with Crippen LogP contribution in [0.5, 0.6) is 0 Å². The number of Topliss-reactive ketones (excluding diaryl/α,β-unsaturated/α-hetero) is 1. The van der Waals surface area contributed by atoms with Gasteiger partial charge in [0.05, 0.1) is 0 Å². The smallest absolute Gasteiger partial charge is 0.164 e. The highest BCUT2D eigenvalue weighted by atomic mass is 79.9. The van der Waals surface area contributed by atoms with E-state index in [4.69, 9.17) is 0 Å². The highest BCUT2D eigenvalue weighted by molar-refractivity contribution is 9.10. The Kier molecular flexibility index (Phi) is 5.34. The first kappa shape index (κ1) is 12.4. The van der Waals surface area contributed by atoms with E-state index >= 15 is 0 Å². The molecule has 0 heterocycles. The van der Waals surface area contributed by atoms with Crippen molar-refractivity contribution in [2.75, 3.05) is 5.33 Å². The summed E-state index contributed by atoms with van der Waals surface area (Å²) >= 11 is 10.0. The Labute approximate surface area is 109 Å². The second kappa shape index (κ2) is 6.03. The fourth-order valence-corrected chi connectivity index (χ4v) is 2.27. The maximum absolute atomic E-state index is 11.7. The monoisotopic (exact) mass is 382 g/mol. The molecule has 0 aliphatic rings. The molecule has 0 atom stereocenters. The van der Waals surface area contributed by atoms with Gasteiger partial charge < -0.3 is 0 Å². The topological polar surface area (TPSA) is 17.1 Å². The minimum Gasteiger partial charge on any atom is -0.294 e. The van der Waals surface area contributed by atoms with Gasteiger partial charge in [0.25, 0.3) is 0 Å². The average molecular weight is 385 g/mol. The quantitative estimate of drug-likeness (QED) is 0.558. The van der Waals surface area contributed by atoms with Gasteiger partial charge in [-0.3, -0.25) is 4.79 Å². The molecule has 0 amide bonds. The fraction of sp³-hybridized carbons (Fsp3) is 0.300. The summed E-state index contributed by atoms with van der Waals surface area (Å²) in [5.41, 5.74) is 1.88. The van der Waals surface area contributed by atoms with E-state index < -0.39 is 0 Å². The molecule has 0 bridgehead atoms. The van der Waals surface area contributed by atoms with E-state index in [1.807, 2.05) is 18.2 Å². The van der Waals surface area contributed by atoms with Gasteiger partial charge in [-0.25, -0.2) is 0 Å². The number of rotatable bonds is 4. The Balaban J connectivity index is 2.99. The molecule has 0 N–H and O–H groups in total. The largest absolute Gasteiger partial charge is 0.294 e. The predicted molar refractivity (Wildman–Crippen MR) is 69.5 cm³/mol. The summed E-state index contributed by atoms with van der Waals surface area (Å²) < 4.78 is 0.869. The summed E-state index contributed by atoms with van der Waals surface area (Å²) in [7, 11) is 0. The second-order valence-electron chi connectivity index (χ2n) is 2.81. The molecule has 0 radical (unpaired) electrons. The second-order valence-corrected chi connectivity index (χ2v) is 5.02. The van der Waals surface area contributed by atoms with Crippen LogP contribution in [0.1, 0.15) is 22.3 Å². The van der Waals surface area contributed by atoms with E-state index in [2.05, 4.69) is 47.8 Å². The van der Waals surface area contributed by atoms with Crippen LogP contribution < -0.4 is 0 Å². The normalized spacial score (nSPS) is 10.2. The minimum absolute atomic E-state index is 0.163. The van der Waals surface area contributed by atoms with Gasteiger partial charge in [-0.05, 0) is 17.7 Å². The zero-order valence-electron chi connectivity index (χ0n) is 7.40. The molecule has 0 saturated carbocycles. The van der Waals surface area contributed by atoms with E-state index in [9.17, 15) is 4.79 Å². The van der Waals surface area contributed by atoms with Crippen molar-refractivity contribution in [3.8, 4) is 0 Å². The molecular formula is C10H9Br3O. The maximum atomic E-state index is 11.7. The summed E-state index contributed by atoms with van der Waals surface area (Å²) in [6, 6.07) is 5.83. The van der Waals surface area contributed by atoms with Crippen LogP contribution in [-0.2, 0) is 5.33 Å². The average Bonchev–Trinajstić information content (AvgIpc) is 2.19. The number of hydrogen-bond donors (Lipinski definition) is 0. The number of carbonyl (C=O) groups excluding carboxylic acids is 1. The lowest BCUT2D eigenvalue weighted by atomic mass is 10.1. The van der Waals surface area contributed by atoms with Crippen LogP contribution in [-0.4, -0.2) is 11.1 Å². The van der Waals surface area contributed by atoms with Gasteiger partial charge in [-0.15, -0.1) is 0 Å². The zero-order chi connectivity index (χ0) is 10.6. The van der Waals surface area contributed by atoms with E-state index in [0.29, 0.717) is 11.8 Å². The number of carbonyl (C=O) groups is 1. The van der Waals surface area contributed by atoms with Crippen molar-refractivity contribution in [3.63, 3.8) is 0 Å². The molecule has 14 heavy (non-hydrogen) atoms. The van der Waals surface area contributed by atoms with Gasteiger partial charge >= 0.3 is 0 Å². The molecule has 0 unspecified atom stereocenters. The summed E-state index contributed by atoms with van der Waals surface area (Å²) in [4.78, 5) is 11.7. The number of alkyl halides is 2. The summed E-state index contributed by atoms with van der Waals surface area (Å²) in [5, 5.41) is 1.48. The summed E-state index contributed by atoms with van der Waals surface area (Å²) in [5.74, 6) is 0.163. The predicted octanol–water partition coefficient (Wildman–Crippen LogP) is 4.31. The molecule has 0 spiro atoms. The fourth-order valence-electron chi connectivity index (χ4n) is 1.09. The number of ketones is 1. The third kappa shape index (κ3) is 3.17. The van der Waals surface area contributed by atoms with Crippen molar-refractivity contribution in [2.24, 2.45) is 0 Å². The molecule has 4 heteroatoms. The van der Waals surface area contributed by atoms with E-state index in [1.54, 1.807) is 0 Å². The molecule has 0 fully saturated rings. The van der Waals surface area contributed by atoms with E-state index in [-0.39, 0.29) is 5.78 Å². The minimum atomic E-state index is 0.163. The lowest BCUT2D eigenvalue weighted by Crippen LogP contribution is -2.01. The van der Waals surface area contributed by atoms with Crippen LogP contribution in [0.4, 0.5) is 0 Å². The van der Waals surface area contributed by atoms with Gasteiger partial charge in [0.15, 0.2) is 5.78 Å². The first-order valence-electron chi connectivity index (χ1n) is 4.12. The van der Waals surface area contributed by atoms with Gasteiger partial charge in [0.2, 0.25) is 0 Å². The van der Waals surface area contributed by atoms with Crippen LogP contribution >= 0.6 is 47.8 Å². The van der Waals surface area contributed by atoms with Crippen molar-refractivity contribution in [3.05, 3.63) is 33.8 Å². The van der Waals surface area contributed by atoms with Gasteiger partial charge in [0.1, 0.15) is 0 Å². The molecule has 1 rings (SSSR count). The third-order valence-electron chi connectivity index (χ3n) is 1.81. The van der Waals surface area contributed by atoms with Gasteiger partial charge in [-0.2, -0.15) is 0 Å². The van der Waals surface area contributed by atoms with Crippen LogP contribution in [0.25, 0.3) is 0 Å². The number of hydrogen-bond acceptors (Lipinski definition) is 1. The lowest BCUT2D eigenvalue weighted by molar-refractivity contribution is 0.0989. The van der Waals surface area contributed by atoms with Crippen LogP contribution in [0.3, 0.4) is 0 Å². The zero-order valence-corrected chi connectivity index (χ0v) is 12.2. The van der Waals surface area contributed by atoms with Crippen molar-refractivity contribution < 1.29 is 4.79 Å². The SMILES string of the molecule is O=C(CCBr)c1cc(CBr)ccc1Br. The standard InChI is InChI=1S/C10H9Br3O/c11-4-3-10(14)8-5-7(6-12)1-2-9(8)13/h1-2,5H,3-4,6H2. The number of halogens is 3. The summed E-state index contributed by atoms with van der Waals surface area (Å²) in [6.07, 6.45) is 0.532.